The highest BCUT2D eigenvalue weighted by Crippen LogP contribution is 2.03. The largest absolute Gasteiger partial charge is 0.299 e. The Morgan fingerprint density at radius 2 is 1.93 bits per heavy atom. The Labute approximate surface area is 89.6 Å². The van der Waals surface area contributed by atoms with E-state index in [2.05, 4.69) is 10.00 Å². The Morgan fingerprint density at radius 3 is 2.53 bits per heavy atom. The van der Waals surface area contributed by atoms with Crippen molar-refractivity contribution < 1.29 is 8.42 Å². The summed E-state index contributed by atoms with van der Waals surface area (Å²) in [6, 6.07) is 1.89. The van der Waals surface area contributed by atoms with Gasteiger partial charge in [0.05, 0.1) is 18.1 Å². The van der Waals surface area contributed by atoms with Crippen LogP contribution < -0.4 is 0 Å². The Hall–Kier alpha value is -0.880. The van der Waals surface area contributed by atoms with Crippen molar-refractivity contribution in [2.75, 3.05) is 31.1 Å². The third-order valence-electron chi connectivity index (χ3n) is 2.64. The molecule has 0 aliphatic carbocycles. The third kappa shape index (κ3) is 3.04. The maximum absolute atomic E-state index is 11.2. The number of hydrogen-bond acceptors (Lipinski definition) is 4. The number of sulfone groups is 1. The molecule has 15 heavy (non-hydrogen) atoms. The summed E-state index contributed by atoms with van der Waals surface area (Å²) in [6.45, 7) is 3.01. The van der Waals surface area contributed by atoms with Crippen LogP contribution >= 0.6 is 0 Å². The molecule has 2 heterocycles. The van der Waals surface area contributed by atoms with E-state index in [1.807, 2.05) is 16.9 Å². The van der Waals surface area contributed by atoms with Crippen molar-refractivity contribution in [1.29, 1.82) is 0 Å². The van der Waals surface area contributed by atoms with E-state index in [0.29, 0.717) is 24.6 Å². The fraction of sp³-hybridized carbons (Fsp3) is 0.667. The van der Waals surface area contributed by atoms with Crippen molar-refractivity contribution in [2.24, 2.45) is 0 Å². The minimum atomic E-state index is -2.75. The molecule has 0 radical (unpaired) electrons. The van der Waals surface area contributed by atoms with Crippen LogP contribution in [0.3, 0.4) is 0 Å². The third-order valence-corrected chi connectivity index (χ3v) is 4.25. The molecule has 0 unspecified atom stereocenters. The number of hydrogen-bond donors (Lipinski definition) is 0. The van der Waals surface area contributed by atoms with E-state index in [-0.39, 0.29) is 0 Å². The van der Waals surface area contributed by atoms with Crippen molar-refractivity contribution in [1.82, 2.24) is 14.7 Å². The van der Waals surface area contributed by atoms with Crippen molar-refractivity contribution in [3.05, 3.63) is 18.5 Å². The van der Waals surface area contributed by atoms with E-state index < -0.39 is 9.84 Å². The molecule has 0 saturated carbocycles. The van der Waals surface area contributed by atoms with E-state index >= 15 is 0 Å². The zero-order chi connectivity index (χ0) is 10.7. The van der Waals surface area contributed by atoms with Crippen LogP contribution in [0.4, 0.5) is 0 Å². The number of aromatic nitrogens is 2. The summed E-state index contributed by atoms with van der Waals surface area (Å²) in [7, 11) is -2.75. The molecular formula is C9H15N3O2S. The molecule has 0 aromatic carbocycles. The smallest absolute Gasteiger partial charge is 0.152 e. The van der Waals surface area contributed by atoms with Crippen LogP contribution in [0.1, 0.15) is 0 Å². The predicted octanol–water partition coefficient (Wildman–Crippen LogP) is -0.387. The average molecular weight is 229 g/mol. The molecule has 0 N–H and O–H groups in total. The van der Waals surface area contributed by atoms with E-state index in [4.69, 9.17) is 0 Å². The molecule has 1 aromatic heterocycles. The predicted molar refractivity (Wildman–Crippen MR) is 57.3 cm³/mol. The van der Waals surface area contributed by atoms with Crippen molar-refractivity contribution >= 4 is 9.84 Å². The maximum atomic E-state index is 11.2. The number of nitrogens with zero attached hydrogens (tertiary/aromatic N) is 3. The quantitative estimate of drug-likeness (QED) is 0.708. The lowest BCUT2D eigenvalue weighted by Crippen LogP contribution is -2.41. The Balaban J connectivity index is 1.78. The molecule has 0 amide bonds. The average Bonchev–Trinajstić information content (AvgIpc) is 2.69. The first kappa shape index (κ1) is 10.6. The van der Waals surface area contributed by atoms with Gasteiger partial charge in [0, 0.05) is 32.0 Å². The standard InChI is InChI=1S/C9H15N3O2S/c13-15(14)8-6-11(7-9-15)4-5-12-3-1-2-10-12/h1-3H,4-9H2. The molecule has 6 heteroatoms. The topological polar surface area (TPSA) is 55.2 Å². The summed E-state index contributed by atoms with van der Waals surface area (Å²) in [4.78, 5) is 2.17. The SMILES string of the molecule is O=S1(=O)CCN(CCn2cccn2)CC1. The molecule has 2 rings (SSSR count). The Bertz CT molecular complexity index is 385. The van der Waals surface area contributed by atoms with Gasteiger partial charge in [-0.1, -0.05) is 0 Å². The Kier molecular flexibility index (Phi) is 3.06. The molecule has 1 aliphatic rings. The van der Waals surface area contributed by atoms with Gasteiger partial charge in [-0.15, -0.1) is 0 Å². The minimum absolute atomic E-state index is 0.298. The van der Waals surface area contributed by atoms with E-state index in [1.165, 1.54) is 0 Å². The highest BCUT2D eigenvalue weighted by atomic mass is 32.2. The monoisotopic (exact) mass is 229 g/mol. The van der Waals surface area contributed by atoms with E-state index in [0.717, 1.165) is 13.1 Å². The van der Waals surface area contributed by atoms with Crippen molar-refractivity contribution in [3.63, 3.8) is 0 Å². The highest BCUT2D eigenvalue weighted by Gasteiger charge is 2.20. The molecule has 1 fully saturated rings. The van der Waals surface area contributed by atoms with Crippen LogP contribution in [0.2, 0.25) is 0 Å². The molecule has 1 aliphatic heterocycles. The summed E-state index contributed by atoms with van der Waals surface area (Å²) in [5.41, 5.74) is 0. The van der Waals surface area contributed by atoms with Crippen molar-refractivity contribution in [2.45, 2.75) is 6.54 Å². The molecule has 0 bridgehead atoms. The van der Waals surface area contributed by atoms with Gasteiger partial charge in [-0.25, -0.2) is 8.42 Å². The lowest BCUT2D eigenvalue weighted by atomic mass is 10.4. The molecule has 1 aromatic rings. The van der Waals surface area contributed by atoms with Gasteiger partial charge in [0.25, 0.3) is 0 Å². The summed E-state index contributed by atoms with van der Waals surface area (Å²) < 4.78 is 24.2. The molecule has 5 nitrogen and oxygen atoms in total. The van der Waals surface area contributed by atoms with Gasteiger partial charge in [0.15, 0.2) is 9.84 Å². The van der Waals surface area contributed by atoms with Gasteiger partial charge in [-0.2, -0.15) is 5.10 Å². The van der Waals surface area contributed by atoms with E-state index in [1.54, 1.807) is 6.20 Å². The second kappa shape index (κ2) is 4.32. The molecular weight excluding hydrogens is 214 g/mol. The first-order chi connectivity index (χ1) is 7.16. The second-order valence-electron chi connectivity index (χ2n) is 3.76. The summed E-state index contributed by atoms with van der Waals surface area (Å²) >= 11 is 0. The number of rotatable bonds is 3. The molecule has 0 spiro atoms. The fourth-order valence-electron chi connectivity index (χ4n) is 1.65. The minimum Gasteiger partial charge on any atom is -0.299 e. The summed E-state index contributed by atoms with van der Waals surface area (Å²) in [5.74, 6) is 0.595. The zero-order valence-electron chi connectivity index (χ0n) is 8.54. The van der Waals surface area contributed by atoms with Gasteiger partial charge in [-0.05, 0) is 6.07 Å². The van der Waals surface area contributed by atoms with Gasteiger partial charge in [0.2, 0.25) is 0 Å². The van der Waals surface area contributed by atoms with Crippen LogP contribution in [-0.4, -0.2) is 54.2 Å². The maximum Gasteiger partial charge on any atom is 0.152 e. The first-order valence-corrected chi connectivity index (χ1v) is 6.88. The highest BCUT2D eigenvalue weighted by molar-refractivity contribution is 7.91. The molecule has 0 atom stereocenters. The van der Waals surface area contributed by atoms with Crippen LogP contribution in [0.25, 0.3) is 0 Å². The van der Waals surface area contributed by atoms with Gasteiger partial charge < -0.3 is 0 Å². The fourth-order valence-corrected chi connectivity index (χ4v) is 2.93. The Morgan fingerprint density at radius 1 is 1.20 bits per heavy atom. The van der Waals surface area contributed by atoms with Crippen LogP contribution in [0.5, 0.6) is 0 Å². The summed E-state index contributed by atoms with van der Waals surface area (Å²) in [6.07, 6.45) is 3.67. The first-order valence-electron chi connectivity index (χ1n) is 5.06. The molecule has 1 saturated heterocycles. The van der Waals surface area contributed by atoms with Crippen LogP contribution in [0.15, 0.2) is 18.5 Å². The van der Waals surface area contributed by atoms with Crippen LogP contribution in [0, 0.1) is 0 Å². The summed E-state index contributed by atoms with van der Waals surface area (Å²) in [5, 5.41) is 4.10. The van der Waals surface area contributed by atoms with Crippen molar-refractivity contribution in [3.8, 4) is 0 Å². The normalized spacial score (nSPS) is 21.6. The van der Waals surface area contributed by atoms with Gasteiger partial charge >= 0.3 is 0 Å². The van der Waals surface area contributed by atoms with Crippen LogP contribution in [-0.2, 0) is 16.4 Å². The van der Waals surface area contributed by atoms with Gasteiger partial charge in [-0.3, -0.25) is 9.58 Å². The zero-order valence-corrected chi connectivity index (χ0v) is 9.36. The lowest BCUT2D eigenvalue weighted by Gasteiger charge is -2.26. The van der Waals surface area contributed by atoms with Gasteiger partial charge in [0.1, 0.15) is 0 Å². The molecule has 84 valence electrons. The van der Waals surface area contributed by atoms with E-state index in [9.17, 15) is 8.42 Å². The second-order valence-corrected chi connectivity index (χ2v) is 6.07. The lowest BCUT2D eigenvalue weighted by molar-refractivity contribution is 0.278.